The monoisotopic (exact) mass is 255 g/mol. The summed E-state index contributed by atoms with van der Waals surface area (Å²) >= 11 is 1.64. The maximum absolute atomic E-state index is 10.6. The van der Waals surface area contributed by atoms with E-state index in [0.717, 1.165) is 17.1 Å². The van der Waals surface area contributed by atoms with E-state index in [1.807, 2.05) is 0 Å². The Morgan fingerprint density at radius 3 is 2.71 bits per heavy atom. The molecule has 1 aromatic rings. The van der Waals surface area contributed by atoms with Crippen molar-refractivity contribution < 1.29 is 10.0 Å². The van der Waals surface area contributed by atoms with E-state index in [-0.39, 0.29) is 12.3 Å². The highest BCUT2D eigenvalue weighted by atomic mass is 32.2. The van der Waals surface area contributed by atoms with Crippen molar-refractivity contribution in [3.63, 3.8) is 0 Å². The third-order valence-electron chi connectivity index (χ3n) is 2.38. The Morgan fingerprint density at radius 2 is 2.18 bits per heavy atom. The molecule has 94 valence electrons. The molecule has 1 rings (SSSR count). The number of rotatable bonds is 6. The Labute approximate surface area is 105 Å². The third kappa shape index (κ3) is 4.36. The van der Waals surface area contributed by atoms with Crippen molar-refractivity contribution in [3.05, 3.63) is 33.9 Å². The molecule has 0 aliphatic rings. The van der Waals surface area contributed by atoms with Crippen molar-refractivity contribution >= 4 is 17.4 Å². The highest BCUT2D eigenvalue weighted by molar-refractivity contribution is 7.99. The quantitative estimate of drug-likeness (QED) is 0.481. The van der Waals surface area contributed by atoms with E-state index in [0.29, 0.717) is 11.5 Å². The summed E-state index contributed by atoms with van der Waals surface area (Å²) in [6.07, 6.45) is 1.09. The number of thioether (sulfide) groups is 1. The van der Waals surface area contributed by atoms with Crippen molar-refractivity contribution in [2.24, 2.45) is 5.92 Å². The maximum Gasteiger partial charge on any atom is 0.269 e. The minimum atomic E-state index is -0.443. The zero-order chi connectivity index (χ0) is 12.8. The van der Waals surface area contributed by atoms with Crippen LogP contribution in [0.5, 0.6) is 0 Å². The van der Waals surface area contributed by atoms with Crippen LogP contribution in [0.15, 0.2) is 23.1 Å². The second-order valence-electron chi connectivity index (χ2n) is 4.24. The van der Waals surface area contributed by atoms with Gasteiger partial charge < -0.3 is 5.11 Å². The summed E-state index contributed by atoms with van der Waals surface area (Å²) in [6.45, 7) is 4.15. The number of nitro benzene ring substituents is 1. The van der Waals surface area contributed by atoms with Crippen molar-refractivity contribution in [2.75, 3.05) is 5.75 Å². The minimum absolute atomic E-state index is 0.0299. The maximum atomic E-state index is 10.6. The SMILES string of the molecule is CC(C)CCSc1ccc([N+](=O)[O-])cc1CO. The standard InChI is InChI=1S/C12H17NO3S/c1-9(2)5-6-17-12-4-3-11(13(15)16)7-10(12)8-14/h3-4,7,9,14H,5-6,8H2,1-2H3. The lowest BCUT2D eigenvalue weighted by atomic mass is 10.2. The van der Waals surface area contributed by atoms with Gasteiger partial charge in [0.05, 0.1) is 11.5 Å². The summed E-state index contributed by atoms with van der Waals surface area (Å²) in [5.74, 6) is 1.60. The van der Waals surface area contributed by atoms with Gasteiger partial charge in [-0.2, -0.15) is 0 Å². The molecular formula is C12H17NO3S. The Kier molecular flexibility index (Phi) is 5.44. The van der Waals surface area contributed by atoms with E-state index in [2.05, 4.69) is 13.8 Å². The Hall–Kier alpha value is -1.07. The lowest BCUT2D eigenvalue weighted by Crippen LogP contribution is -1.95. The number of nitro groups is 1. The zero-order valence-corrected chi connectivity index (χ0v) is 10.9. The lowest BCUT2D eigenvalue weighted by molar-refractivity contribution is -0.385. The predicted molar refractivity (Wildman–Crippen MR) is 69.2 cm³/mol. The first-order valence-corrected chi connectivity index (χ1v) is 6.54. The van der Waals surface area contributed by atoms with Crippen LogP contribution >= 0.6 is 11.8 Å². The van der Waals surface area contributed by atoms with Gasteiger partial charge in [0, 0.05) is 17.0 Å². The molecule has 1 N–H and O–H groups in total. The summed E-state index contributed by atoms with van der Waals surface area (Å²) in [5.41, 5.74) is 0.662. The Bertz CT molecular complexity index is 393. The van der Waals surface area contributed by atoms with E-state index >= 15 is 0 Å². The summed E-state index contributed by atoms with van der Waals surface area (Å²) in [5, 5.41) is 19.8. The molecule has 4 nitrogen and oxygen atoms in total. The van der Waals surface area contributed by atoms with Crippen LogP contribution < -0.4 is 0 Å². The zero-order valence-electron chi connectivity index (χ0n) is 10.0. The fourth-order valence-corrected chi connectivity index (χ4v) is 2.63. The van der Waals surface area contributed by atoms with Gasteiger partial charge in [0.25, 0.3) is 5.69 Å². The van der Waals surface area contributed by atoms with Crippen molar-refractivity contribution in [1.29, 1.82) is 0 Å². The smallest absolute Gasteiger partial charge is 0.269 e. The minimum Gasteiger partial charge on any atom is -0.392 e. The highest BCUT2D eigenvalue weighted by Gasteiger charge is 2.10. The predicted octanol–water partition coefficient (Wildman–Crippen LogP) is 3.23. The molecule has 0 saturated carbocycles. The molecule has 0 heterocycles. The molecule has 0 atom stereocenters. The molecule has 1 aromatic carbocycles. The first kappa shape index (κ1) is 14.0. The molecule has 0 amide bonds. The number of aliphatic hydroxyl groups is 1. The van der Waals surface area contributed by atoms with E-state index in [1.165, 1.54) is 12.1 Å². The molecule has 0 fully saturated rings. The fraction of sp³-hybridized carbons (Fsp3) is 0.500. The molecule has 0 aromatic heterocycles. The normalized spacial score (nSPS) is 10.8. The number of hydrogen-bond acceptors (Lipinski definition) is 4. The molecule has 0 radical (unpaired) electrons. The van der Waals surface area contributed by atoms with Gasteiger partial charge in [-0.1, -0.05) is 13.8 Å². The van der Waals surface area contributed by atoms with Crippen LogP contribution in [-0.4, -0.2) is 15.8 Å². The first-order chi connectivity index (χ1) is 8.04. The molecule has 0 aliphatic carbocycles. The Balaban J connectivity index is 2.75. The van der Waals surface area contributed by atoms with Crippen molar-refractivity contribution in [2.45, 2.75) is 31.8 Å². The number of nitrogens with zero attached hydrogens (tertiary/aromatic N) is 1. The molecular weight excluding hydrogens is 238 g/mol. The van der Waals surface area contributed by atoms with Gasteiger partial charge >= 0.3 is 0 Å². The van der Waals surface area contributed by atoms with Crippen molar-refractivity contribution in [3.8, 4) is 0 Å². The molecule has 0 spiro atoms. The van der Waals surface area contributed by atoms with Gasteiger partial charge in [0.15, 0.2) is 0 Å². The summed E-state index contributed by atoms with van der Waals surface area (Å²) in [7, 11) is 0. The Morgan fingerprint density at radius 1 is 1.47 bits per heavy atom. The van der Waals surface area contributed by atoms with E-state index < -0.39 is 4.92 Å². The first-order valence-electron chi connectivity index (χ1n) is 5.55. The van der Waals surface area contributed by atoms with Gasteiger partial charge in [-0.25, -0.2) is 0 Å². The van der Waals surface area contributed by atoms with Gasteiger partial charge in [-0.15, -0.1) is 11.8 Å². The summed E-state index contributed by atoms with van der Waals surface area (Å²) in [4.78, 5) is 11.1. The van der Waals surface area contributed by atoms with Crippen LogP contribution in [0.25, 0.3) is 0 Å². The van der Waals surface area contributed by atoms with Crippen LogP contribution in [0, 0.1) is 16.0 Å². The number of aliphatic hydroxyl groups excluding tert-OH is 1. The number of hydrogen-bond donors (Lipinski definition) is 1. The molecule has 17 heavy (non-hydrogen) atoms. The fourth-order valence-electron chi connectivity index (χ4n) is 1.35. The average molecular weight is 255 g/mol. The van der Waals surface area contributed by atoms with Crippen LogP contribution in [0.4, 0.5) is 5.69 Å². The second-order valence-corrected chi connectivity index (χ2v) is 5.37. The topological polar surface area (TPSA) is 63.4 Å². The largest absolute Gasteiger partial charge is 0.392 e. The third-order valence-corrected chi connectivity index (χ3v) is 3.53. The van der Waals surface area contributed by atoms with Gasteiger partial charge in [-0.05, 0) is 29.7 Å². The molecule has 0 aliphatic heterocycles. The van der Waals surface area contributed by atoms with E-state index in [4.69, 9.17) is 0 Å². The van der Waals surface area contributed by atoms with Crippen LogP contribution in [0.2, 0.25) is 0 Å². The lowest BCUT2D eigenvalue weighted by Gasteiger charge is -2.08. The van der Waals surface area contributed by atoms with Gasteiger partial charge in [-0.3, -0.25) is 10.1 Å². The summed E-state index contributed by atoms with van der Waals surface area (Å²) in [6, 6.07) is 4.64. The summed E-state index contributed by atoms with van der Waals surface area (Å²) < 4.78 is 0. The van der Waals surface area contributed by atoms with Crippen LogP contribution in [0.1, 0.15) is 25.8 Å². The number of benzene rings is 1. The van der Waals surface area contributed by atoms with Crippen molar-refractivity contribution in [1.82, 2.24) is 0 Å². The van der Waals surface area contributed by atoms with E-state index in [9.17, 15) is 15.2 Å². The average Bonchev–Trinajstić information content (AvgIpc) is 2.28. The van der Waals surface area contributed by atoms with Gasteiger partial charge in [0.1, 0.15) is 0 Å². The molecule has 5 heteroatoms. The highest BCUT2D eigenvalue weighted by Crippen LogP contribution is 2.27. The number of non-ortho nitro benzene ring substituents is 1. The molecule has 0 bridgehead atoms. The second kappa shape index (κ2) is 6.61. The van der Waals surface area contributed by atoms with E-state index in [1.54, 1.807) is 17.8 Å². The van der Waals surface area contributed by atoms with Gasteiger partial charge in [0.2, 0.25) is 0 Å². The molecule has 0 unspecified atom stereocenters. The van der Waals surface area contributed by atoms with Crippen LogP contribution in [-0.2, 0) is 6.61 Å². The van der Waals surface area contributed by atoms with Crippen LogP contribution in [0.3, 0.4) is 0 Å². The molecule has 0 saturated heterocycles.